The van der Waals surface area contributed by atoms with Crippen molar-refractivity contribution in [1.29, 1.82) is 0 Å². The Hall–Kier alpha value is -2.63. The Kier molecular flexibility index (Phi) is 4.49. The summed E-state index contributed by atoms with van der Waals surface area (Å²) in [7, 11) is 0. The van der Waals surface area contributed by atoms with Crippen LogP contribution in [0.3, 0.4) is 0 Å². The van der Waals surface area contributed by atoms with Crippen molar-refractivity contribution in [3.63, 3.8) is 0 Å². The molecule has 0 spiro atoms. The Morgan fingerprint density at radius 2 is 1.96 bits per heavy atom. The molecule has 0 bridgehead atoms. The SMILES string of the molecule is O=C(NC1CCCCC1)c1cc2occc2n1Cc1ccc(F)cc1F. The molecule has 0 saturated heterocycles. The first-order chi connectivity index (χ1) is 12.6. The van der Waals surface area contributed by atoms with E-state index in [4.69, 9.17) is 4.42 Å². The van der Waals surface area contributed by atoms with Crippen LogP contribution < -0.4 is 5.32 Å². The number of nitrogens with zero attached hydrogens (tertiary/aromatic N) is 1. The quantitative estimate of drug-likeness (QED) is 0.739. The number of aromatic nitrogens is 1. The molecule has 1 N–H and O–H groups in total. The predicted octanol–water partition coefficient (Wildman–Crippen LogP) is 4.62. The molecule has 4 rings (SSSR count). The molecule has 6 heteroatoms. The number of halogens is 2. The molecule has 1 amide bonds. The van der Waals surface area contributed by atoms with Gasteiger partial charge in [0.05, 0.1) is 18.3 Å². The molecule has 136 valence electrons. The molecule has 0 unspecified atom stereocenters. The summed E-state index contributed by atoms with van der Waals surface area (Å²) in [4.78, 5) is 12.8. The fraction of sp³-hybridized carbons (Fsp3) is 0.350. The van der Waals surface area contributed by atoms with Crippen molar-refractivity contribution in [3.8, 4) is 0 Å². The third kappa shape index (κ3) is 3.23. The van der Waals surface area contributed by atoms with Crippen LogP contribution in [0.5, 0.6) is 0 Å². The summed E-state index contributed by atoms with van der Waals surface area (Å²) in [6.07, 6.45) is 6.94. The highest BCUT2D eigenvalue weighted by Gasteiger charge is 2.22. The minimum Gasteiger partial charge on any atom is -0.463 e. The Balaban J connectivity index is 1.65. The summed E-state index contributed by atoms with van der Waals surface area (Å²) in [5, 5.41) is 3.08. The number of hydrogen-bond donors (Lipinski definition) is 1. The van der Waals surface area contributed by atoms with Crippen LogP contribution in [0, 0.1) is 11.6 Å². The number of nitrogens with one attached hydrogen (secondary N) is 1. The molecule has 1 saturated carbocycles. The summed E-state index contributed by atoms with van der Waals surface area (Å²) < 4.78 is 34.4. The van der Waals surface area contributed by atoms with Crippen molar-refractivity contribution in [2.24, 2.45) is 0 Å². The van der Waals surface area contributed by atoms with Crippen molar-refractivity contribution in [1.82, 2.24) is 9.88 Å². The zero-order chi connectivity index (χ0) is 18.1. The number of furan rings is 1. The van der Waals surface area contributed by atoms with Gasteiger partial charge < -0.3 is 14.3 Å². The minimum atomic E-state index is -0.631. The second-order valence-electron chi connectivity index (χ2n) is 6.83. The molecule has 1 aliphatic rings. The Morgan fingerprint density at radius 1 is 1.15 bits per heavy atom. The van der Waals surface area contributed by atoms with Crippen LogP contribution in [0.4, 0.5) is 8.78 Å². The largest absolute Gasteiger partial charge is 0.463 e. The minimum absolute atomic E-state index is 0.128. The molecular formula is C20H20F2N2O2. The normalized spacial score (nSPS) is 15.5. The lowest BCUT2D eigenvalue weighted by Crippen LogP contribution is -2.37. The highest BCUT2D eigenvalue weighted by atomic mass is 19.1. The number of carbonyl (C=O) groups is 1. The van der Waals surface area contributed by atoms with Crippen LogP contribution in [0.2, 0.25) is 0 Å². The lowest BCUT2D eigenvalue weighted by molar-refractivity contribution is 0.0919. The molecule has 1 aromatic carbocycles. The molecule has 0 atom stereocenters. The van der Waals surface area contributed by atoms with Crippen molar-refractivity contribution in [2.45, 2.75) is 44.7 Å². The average Bonchev–Trinajstić information content (AvgIpc) is 3.20. The second kappa shape index (κ2) is 6.94. The topological polar surface area (TPSA) is 47.2 Å². The van der Waals surface area contributed by atoms with Gasteiger partial charge in [0.25, 0.3) is 5.91 Å². The predicted molar refractivity (Wildman–Crippen MR) is 94.0 cm³/mol. The van der Waals surface area contributed by atoms with E-state index in [1.165, 1.54) is 24.8 Å². The summed E-state index contributed by atoms with van der Waals surface area (Å²) in [5.41, 5.74) is 2.02. The van der Waals surface area contributed by atoms with E-state index >= 15 is 0 Å². The number of carbonyl (C=O) groups excluding carboxylic acids is 1. The first-order valence-corrected chi connectivity index (χ1v) is 8.93. The summed E-state index contributed by atoms with van der Waals surface area (Å²) >= 11 is 0. The van der Waals surface area contributed by atoms with Gasteiger partial charge in [0.2, 0.25) is 0 Å². The zero-order valence-corrected chi connectivity index (χ0v) is 14.3. The molecule has 2 heterocycles. The van der Waals surface area contributed by atoms with Crippen molar-refractivity contribution >= 4 is 17.0 Å². The lowest BCUT2D eigenvalue weighted by Gasteiger charge is -2.23. The van der Waals surface area contributed by atoms with E-state index < -0.39 is 11.6 Å². The standard InChI is InChI=1S/C20H20F2N2O2/c21-14-7-6-13(16(22)10-14)12-24-17-8-9-26-19(17)11-18(24)20(25)23-15-4-2-1-3-5-15/h6-11,15H,1-5,12H2,(H,23,25). The molecule has 4 nitrogen and oxygen atoms in total. The summed E-state index contributed by atoms with van der Waals surface area (Å²) in [6, 6.07) is 7.07. The smallest absolute Gasteiger partial charge is 0.268 e. The average molecular weight is 358 g/mol. The van der Waals surface area contributed by atoms with Crippen LogP contribution >= 0.6 is 0 Å². The fourth-order valence-corrected chi connectivity index (χ4v) is 3.66. The first-order valence-electron chi connectivity index (χ1n) is 8.93. The van der Waals surface area contributed by atoms with Gasteiger partial charge in [-0.25, -0.2) is 8.78 Å². The van der Waals surface area contributed by atoms with Gasteiger partial charge in [-0.2, -0.15) is 0 Å². The molecular weight excluding hydrogens is 338 g/mol. The van der Waals surface area contributed by atoms with E-state index in [1.54, 1.807) is 16.7 Å². The van der Waals surface area contributed by atoms with E-state index in [9.17, 15) is 13.6 Å². The fourth-order valence-electron chi connectivity index (χ4n) is 3.66. The summed E-state index contributed by atoms with van der Waals surface area (Å²) in [6.45, 7) is 0.128. The van der Waals surface area contributed by atoms with Gasteiger partial charge in [0.15, 0.2) is 5.58 Å². The van der Waals surface area contributed by atoms with Crippen molar-refractivity contribution in [3.05, 3.63) is 59.5 Å². The highest BCUT2D eigenvalue weighted by Crippen LogP contribution is 2.24. The van der Waals surface area contributed by atoms with Crippen LogP contribution in [0.25, 0.3) is 11.1 Å². The van der Waals surface area contributed by atoms with Gasteiger partial charge in [-0.15, -0.1) is 0 Å². The third-order valence-electron chi connectivity index (χ3n) is 5.04. The van der Waals surface area contributed by atoms with E-state index in [-0.39, 0.29) is 18.5 Å². The Morgan fingerprint density at radius 3 is 2.73 bits per heavy atom. The first kappa shape index (κ1) is 16.8. The maximum atomic E-state index is 14.1. The maximum Gasteiger partial charge on any atom is 0.268 e. The molecule has 3 aromatic rings. The van der Waals surface area contributed by atoms with Crippen molar-refractivity contribution in [2.75, 3.05) is 0 Å². The number of rotatable bonds is 4. The van der Waals surface area contributed by atoms with Gasteiger partial charge in [-0.3, -0.25) is 4.79 Å². The van der Waals surface area contributed by atoms with E-state index in [0.717, 1.165) is 31.7 Å². The molecule has 0 aliphatic heterocycles. The van der Waals surface area contributed by atoms with Crippen LogP contribution in [0.15, 0.2) is 41.0 Å². The van der Waals surface area contributed by atoms with Gasteiger partial charge in [-0.1, -0.05) is 25.3 Å². The van der Waals surface area contributed by atoms with Crippen molar-refractivity contribution < 1.29 is 18.0 Å². The van der Waals surface area contributed by atoms with E-state index in [2.05, 4.69) is 5.32 Å². The van der Waals surface area contributed by atoms with Gasteiger partial charge >= 0.3 is 0 Å². The molecule has 0 radical (unpaired) electrons. The van der Waals surface area contributed by atoms with Crippen LogP contribution in [0.1, 0.15) is 48.2 Å². The molecule has 2 aromatic heterocycles. The Labute approximate surface area is 149 Å². The van der Waals surface area contributed by atoms with Crippen LogP contribution in [-0.4, -0.2) is 16.5 Å². The van der Waals surface area contributed by atoms with E-state index in [0.29, 0.717) is 22.4 Å². The molecule has 1 fully saturated rings. The highest BCUT2D eigenvalue weighted by molar-refractivity contribution is 5.97. The van der Waals surface area contributed by atoms with Gasteiger partial charge in [0.1, 0.15) is 17.3 Å². The number of hydrogen-bond acceptors (Lipinski definition) is 2. The number of fused-ring (bicyclic) bond motifs is 1. The lowest BCUT2D eigenvalue weighted by atomic mass is 9.95. The van der Waals surface area contributed by atoms with Gasteiger partial charge in [0, 0.05) is 29.8 Å². The maximum absolute atomic E-state index is 14.1. The zero-order valence-electron chi connectivity index (χ0n) is 14.3. The van der Waals surface area contributed by atoms with Crippen LogP contribution in [-0.2, 0) is 6.54 Å². The third-order valence-corrected chi connectivity index (χ3v) is 5.04. The van der Waals surface area contributed by atoms with Gasteiger partial charge in [-0.05, 0) is 18.9 Å². The number of amides is 1. The molecule has 26 heavy (non-hydrogen) atoms. The summed E-state index contributed by atoms with van der Waals surface area (Å²) in [5.74, 6) is -1.44. The molecule has 1 aliphatic carbocycles. The monoisotopic (exact) mass is 358 g/mol. The second-order valence-corrected chi connectivity index (χ2v) is 6.83. The van der Waals surface area contributed by atoms with E-state index in [1.807, 2.05) is 0 Å². The number of benzene rings is 1. The Bertz CT molecular complexity index is 939.